The van der Waals surface area contributed by atoms with Crippen LogP contribution in [0.15, 0.2) is 28.8 Å². The molecule has 0 bridgehead atoms. The summed E-state index contributed by atoms with van der Waals surface area (Å²) in [5.74, 6) is -0.201. The lowest BCUT2D eigenvalue weighted by Crippen LogP contribution is -1.83. The number of hydrogen-bond donors (Lipinski definition) is 1. The van der Waals surface area contributed by atoms with E-state index >= 15 is 0 Å². The first-order valence-electron chi connectivity index (χ1n) is 4.23. The topological polar surface area (TPSA) is 46.3 Å². The molecule has 0 aliphatic heterocycles. The minimum Gasteiger partial charge on any atom is -0.388 e. The SMILES string of the molecule is OCc1cc(-c2cccc(F)c2Cl)no1. The van der Waals surface area contributed by atoms with Gasteiger partial charge in [0.05, 0.1) is 5.02 Å². The lowest BCUT2D eigenvalue weighted by molar-refractivity contribution is 0.229. The molecule has 0 fully saturated rings. The Bertz CT molecular complexity index is 484. The molecule has 1 N–H and O–H groups in total. The Morgan fingerprint density at radius 2 is 2.27 bits per heavy atom. The first-order valence-corrected chi connectivity index (χ1v) is 4.61. The van der Waals surface area contributed by atoms with Crippen molar-refractivity contribution in [2.45, 2.75) is 6.61 Å². The number of halogens is 2. The van der Waals surface area contributed by atoms with Crippen LogP contribution in [0.25, 0.3) is 11.3 Å². The van der Waals surface area contributed by atoms with Crippen molar-refractivity contribution in [3.63, 3.8) is 0 Å². The number of rotatable bonds is 2. The van der Waals surface area contributed by atoms with Crippen LogP contribution in [-0.4, -0.2) is 10.3 Å². The van der Waals surface area contributed by atoms with Gasteiger partial charge in [-0.25, -0.2) is 4.39 Å². The second-order valence-electron chi connectivity index (χ2n) is 2.94. The van der Waals surface area contributed by atoms with Crippen molar-refractivity contribution in [1.29, 1.82) is 0 Å². The molecule has 0 radical (unpaired) electrons. The third-order valence-corrected chi connectivity index (χ3v) is 2.33. The summed E-state index contributed by atoms with van der Waals surface area (Å²) in [6.07, 6.45) is 0. The first-order chi connectivity index (χ1) is 7.22. The third kappa shape index (κ3) is 1.86. The van der Waals surface area contributed by atoms with Crippen molar-refractivity contribution < 1.29 is 14.0 Å². The molecule has 0 aliphatic carbocycles. The molecule has 1 heterocycles. The fourth-order valence-electron chi connectivity index (χ4n) is 1.22. The van der Waals surface area contributed by atoms with E-state index in [1.165, 1.54) is 18.2 Å². The van der Waals surface area contributed by atoms with E-state index in [4.69, 9.17) is 21.2 Å². The van der Waals surface area contributed by atoms with Crippen molar-refractivity contribution in [3.8, 4) is 11.3 Å². The predicted octanol–water partition coefficient (Wildman–Crippen LogP) is 2.63. The van der Waals surface area contributed by atoms with Gasteiger partial charge in [-0.3, -0.25) is 0 Å². The molecule has 78 valence electrons. The lowest BCUT2D eigenvalue weighted by Gasteiger charge is -1.99. The molecule has 5 heteroatoms. The summed E-state index contributed by atoms with van der Waals surface area (Å²) in [6.45, 7) is -0.250. The van der Waals surface area contributed by atoms with Crippen molar-refractivity contribution in [2.24, 2.45) is 0 Å². The molecule has 0 amide bonds. The van der Waals surface area contributed by atoms with Crippen LogP contribution in [0.2, 0.25) is 5.02 Å². The van der Waals surface area contributed by atoms with Gasteiger partial charge < -0.3 is 9.63 Å². The first kappa shape index (κ1) is 10.1. The molecule has 0 spiro atoms. The zero-order valence-electron chi connectivity index (χ0n) is 7.58. The van der Waals surface area contributed by atoms with Crippen molar-refractivity contribution >= 4 is 11.6 Å². The minimum absolute atomic E-state index is 0.00436. The second kappa shape index (κ2) is 4.00. The minimum atomic E-state index is -0.511. The van der Waals surface area contributed by atoms with Gasteiger partial charge in [0.25, 0.3) is 0 Å². The quantitative estimate of drug-likeness (QED) is 0.858. The average Bonchev–Trinajstić information content (AvgIpc) is 2.70. The molecular weight excluding hydrogens is 221 g/mol. The van der Waals surface area contributed by atoms with Gasteiger partial charge in [0.1, 0.15) is 18.1 Å². The van der Waals surface area contributed by atoms with Gasteiger partial charge in [-0.05, 0) is 6.07 Å². The summed E-state index contributed by atoms with van der Waals surface area (Å²) >= 11 is 5.76. The van der Waals surface area contributed by atoms with Crippen molar-refractivity contribution in [1.82, 2.24) is 5.16 Å². The highest BCUT2D eigenvalue weighted by molar-refractivity contribution is 6.33. The summed E-state index contributed by atoms with van der Waals surface area (Å²) in [5.41, 5.74) is 0.851. The Balaban J connectivity index is 2.49. The standard InChI is InChI=1S/C10H7ClFNO2/c11-10-7(2-1-3-8(10)12)9-4-6(5-14)15-13-9/h1-4,14H,5H2. The summed E-state index contributed by atoms with van der Waals surface area (Å²) < 4.78 is 17.9. The van der Waals surface area contributed by atoms with Gasteiger partial charge in [0.2, 0.25) is 0 Å². The van der Waals surface area contributed by atoms with Crippen LogP contribution in [0.4, 0.5) is 4.39 Å². The Morgan fingerprint density at radius 3 is 2.93 bits per heavy atom. The van der Waals surface area contributed by atoms with Gasteiger partial charge in [0.15, 0.2) is 5.76 Å². The highest BCUT2D eigenvalue weighted by Crippen LogP contribution is 2.29. The molecule has 0 atom stereocenters. The molecule has 3 nitrogen and oxygen atoms in total. The lowest BCUT2D eigenvalue weighted by atomic mass is 10.1. The number of nitrogens with zero attached hydrogens (tertiary/aromatic N) is 1. The van der Waals surface area contributed by atoms with Gasteiger partial charge in [-0.15, -0.1) is 0 Å². The Labute approximate surface area is 90.1 Å². The number of benzene rings is 1. The maximum absolute atomic E-state index is 13.1. The molecule has 0 saturated carbocycles. The summed E-state index contributed by atoms with van der Waals surface area (Å²) in [7, 11) is 0. The van der Waals surface area contributed by atoms with E-state index in [1.807, 2.05) is 0 Å². The van der Waals surface area contributed by atoms with Gasteiger partial charge in [0, 0.05) is 11.6 Å². The predicted molar refractivity (Wildman–Crippen MR) is 52.8 cm³/mol. The molecule has 2 rings (SSSR count). The molecule has 0 saturated heterocycles. The summed E-state index contributed by atoms with van der Waals surface area (Å²) in [6, 6.07) is 5.94. The highest BCUT2D eigenvalue weighted by atomic mass is 35.5. The van der Waals surface area contributed by atoms with E-state index in [9.17, 15) is 4.39 Å². The maximum atomic E-state index is 13.1. The van der Waals surface area contributed by atoms with Crippen molar-refractivity contribution in [2.75, 3.05) is 0 Å². The van der Waals surface area contributed by atoms with Crippen LogP contribution < -0.4 is 0 Å². The van der Waals surface area contributed by atoms with Crippen LogP contribution in [0.5, 0.6) is 0 Å². The average molecular weight is 228 g/mol. The molecule has 1 aromatic heterocycles. The fraction of sp³-hybridized carbons (Fsp3) is 0.100. The van der Waals surface area contributed by atoms with Gasteiger partial charge >= 0.3 is 0 Å². The van der Waals surface area contributed by atoms with Crippen LogP contribution in [0.3, 0.4) is 0 Å². The fourth-order valence-corrected chi connectivity index (χ4v) is 1.44. The maximum Gasteiger partial charge on any atom is 0.162 e. The summed E-state index contributed by atoms with van der Waals surface area (Å²) in [4.78, 5) is 0. The van der Waals surface area contributed by atoms with Crippen LogP contribution in [-0.2, 0) is 6.61 Å². The zero-order valence-corrected chi connectivity index (χ0v) is 8.33. The molecule has 0 aliphatic rings. The van der Waals surface area contributed by atoms with E-state index in [-0.39, 0.29) is 11.6 Å². The van der Waals surface area contributed by atoms with E-state index in [0.717, 1.165) is 0 Å². The monoisotopic (exact) mass is 227 g/mol. The molecule has 15 heavy (non-hydrogen) atoms. The van der Waals surface area contributed by atoms with Gasteiger partial charge in [-0.1, -0.05) is 28.9 Å². The normalized spacial score (nSPS) is 10.6. The zero-order chi connectivity index (χ0) is 10.8. The molecule has 1 aromatic carbocycles. The Morgan fingerprint density at radius 1 is 1.47 bits per heavy atom. The smallest absolute Gasteiger partial charge is 0.162 e. The molecule has 0 unspecified atom stereocenters. The second-order valence-corrected chi connectivity index (χ2v) is 3.32. The Kier molecular flexibility index (Phi) is 2.70. The highest BCUT2D eigenvalue weighted by Gasteiger charge is 2.11. The third-order valence-electron chi connectivity index (χ3n) is 1.94. The number of hydrogen-bond acceptors (Lipinski definition) is 3. The van der Waals surface area contributed by atoms with E-state index in [2.05, 4.69) is 5.16 Å². The van der Waals surface area contributed by atoms with Crippen LogP contribution in [0, 0.1) is 5.82 Å². The molecule has 2 aromatic rings. The Hall–Kier alpha value is -1.39. The van der Waals surface area contributed by atoms with Crippen LogP contribution in [0.1, 0.15) is 5.76 Å². The number of aromatic nitrogens is 1. The van der Waals surface area contributed by atoms with E-state index in [0.29, 0.717) is 17.0 Å². The number of aliphatic hydroxyl groups is 1. The van der Waals surface area contributed by atoms with E-state index < -0.39 is 5.82 Å². The van der Waals surface area contributed by atoms with Gasteiger partial charge in [-0.2, -0.15) is 0 Å². The molecular formula is C10H7ClFNO2. The van der Waals surface area contributed by atoms with Crippen molar-refractivity contribution in [3.05, 3.63) is 40.9 Å². The van der Waals surface area contributed by atoms with E-state index in [1.54, 1.807) is 6.07 Å². The van der Waals surface area contributed by atoms with Crippen LogP contribution >= 0.6 is 11.6 Å². The largest absolute Gasteiger partial charge is 0.388 e. The summed E-state index contributed by atoms with van der Waals surface area (Å²) in [5, 5.41) is 12.4. The number of aliphatic hydroxyl groups excluding tert-OH is 1.